The summed E-state index contributed by atoms with van der Waals surface area (Å²) < 4.78 is 0. The molecule has 0 saturated carbocycles. The van der Waals surface area contributed by atoms with Crippen molar-refractivity contribution in [2.45, 2.75) is 18.5 Å². The number of rotatable bonds is 4. The third-order valence-corrected chi connectivity index (χ3v) is 3.32. The summed E-state index contributed by atoms with van der Waals surface area (Å²) in [5, 5.41) is 2.78. The summed E-state index contributed by atoms with van der Waals surface area (Å²) in [4.78, 5) is 29.2. The highest BCUT2D eigenvalue weighted by molar-refractivity contribution is 7.99. The van der Waals surface area contributed by atoms with Crippen LogP contribution in [0.2, 0.25) is 0 Å². The molecule has 1 aromatic carbocycles. The topological polar surface area (TPSA) is 101 Å². The highest BCUT2D eigenvalue weighted by atomic mass is 32.2. The van der Waals surface area contributed by atoms with Crippen LogP contribution in [0.4, 0.5) is 4.79 Å². The van der Waals surface area contributed by atoms with Crippen molar-refractivity contribution in [2.75, 3.05) is 5.75 Å². The molecule has 3 amide bonds. The van der Waals surface area contributed by atoms with Crippen molar-refractivity contribution >= 4 is 34.7 Å². The number of benzene rings is 1. The van der Waals surface area contributed by atoms with Crippen LogP contribution in [-0.4, -0.2) is 27.7 Å². The van der Waals surface area contributed by atoms with Gasteiger partial charge in [-0.25, -0.2) is 9.78 Å². The normalized spacial score (nSPS) is 10.6. The minimum Gasteiger partial charge on any atom is -0.351 e. The van der Waals surface area contributed by atoms with E-state index in [-0.39, 0.29) is 12.3 Å². The Hall–Kier alpha value is -2.02. The molecule has 1 aromatic heterocycles. The number of fused-ring (bicyclic) bond motifs is 1. The van der Waals surface area contributed by atoms with Crippen molar-refractivity contribution < 1.29 is 9.59 Å². The molecule has 7 heteroatoms. The van der Waals surface area contributed by atoms with Crippen LogP contribution >= 0.6 is 11.8 Å². The lowest BCUT2D eigenvalue weighted by molar-refractivity contribution is -0.119. The van der Waals surface area contributed by atoms with E-state index in [0.717, 1.165) is 21.8 Å². The fourth-order valence-corrected chi connectivity index (χ4v) is 2.43. The van der Waals surface area contributed by atoms with Crippen molar-refractivity contribution in [3.8, 4) is 0 Å². The Morgan fingerprint density at radius 1 is 1.47 bits per heavy atom. The smallest absolute Gasteiger partial charge is 0.318 e. The Bertz CT molecular complexity index is 623. The second-order valence-electron chi connectivity index (χ2n) is 4.07. The molecule has 0 unspecified atom stereocenters. The quantitative estimate of drug-likeness (QED) is 0.738. The summed E-state index contributed by atoms with van der Waals surface area (Å²) in [6, 6.07) is 5.14. The predicted molar refractivity (Wildman–Crippen MR) is 73.9 cm³/mol. The maximum Gasteiger partial charge on any atom is 0.318 e. The van der Waals surface area contributed by atoms with Crippen molar-refractivity contribution in [2.24, 2.45) is 5.73 Å². The first kappa shape index (κ1) is 13.4. The first-order valence-electron chi connectivity index (χ1n) is 5.73. The second-order valence-corrected chi connectivity index (χ2v) is 5.16. The predicted octanol–water partition coefficient (Wildman–Crippen LogP) is 1.55. The average molecular weight is 278 g/mol. The molecule has 100 valence electrons. The number of aryl methyl sites for hydroxylation is 1. The number of nitrogens with zero attached hydrogens (tertiary/aromatic N) is 1. The zero-order valence-electron chi connectivity index (χ0n) is 10.4. The van der Waals surface area contributed by atoms with Crippen LogP contribution < -0.4 is 11.1 Å². The largest absolute Gasteiger partial charge is 0.351 e. The number of amides is 3. The lowest BCUT2D eigenvalue weighted by Crippen LogP contribution is -2.35. The molecule has 19 heavy (non-hydrogen) atoms. The standard InChI is InChI=1S/C12H14N4O2S/c1-7-2-3-8-9(6-7)15-12(14-8)19-5-4-10(17)16-11(13)18/h2-3,6H,4-5H2,1H3,(H,14,15)(H3,13,16,17,18). The van der Waals surface area contributed by atoms with Gasteiger partial charge in [-0.15, -0.1) is 0 Å². The van der Waals surface area contributed by atoms with Crippen LogP contribution in [0, 0.1) is 6.92 Å². The molecule has 2 rings (SSSR count). The van der Waals surface area contributed by atoms with Gasteiger partial charge < -0.3 is 10.7 Å². The molecule has 0 fully saturated rings. The maximum atomic E-state index is 11.2. The minimum atomic E-state index is -0.825. The fraction of sp³-hybridized carbons (Fsp3) is 0.250. The van der Waals surface area contributed by atoms with Gasteiger partial charge in [0.1, 0.15) is 0 Å². The van der Waals surface area contributed by atoms with Gasteiger partial charge in [-0.05, 0) is 24.6 Å². The first-order chi connectivity index (χ1) is 9.04. The summed E-state index contributed by atoms with van der Waals surface area (Å²) in [5.41, 5.74) is 7.88. The van der Waals surface area contributed by atoms with E-state index < -0.39 is 6.03 Å². The van der Waals surface area contributed by atoms with E-state index in [4.69, 9.17) is 5.73 Å². The molecule has 0 radical (unpaired) electrons. The van der Waals surface area contributed by atoms with Crippen molar-refractivity contribution in [1.82, 2.24) is 15.3 Å². The lowest BCUT2D eigenvalue weighted by atomic mass is 10.2. The van der Waals surface area contributed by atoms with Crippen LogP contribution in [-0.2, 0) is 4.79 Å². The molecule has 1 heterocycles. The molecular formula is C12H14N4O2S. The molecular weight excluding hydrogens is 264 g/mol. The highest BCUT2D eigenvalue weighted by Crippen LogP contribution is 2.20. The van der Waals surface area contributed by atoms with Gasteiger partial charge in [0.25, 0.3) is 0 Å². The van der Waals surface area contributed by atoms with Crippen LogP contribution in [0.1, 0.15) is 12.0 Å². The number of nitrogens with one attached hydrogen (secondary N) is 2. The zero-order chi connectivity index (χ0) is 13.8. The third kappa shape index (κ3) is 3.72. The third-order valence-electron chi connectivity index (χ3n) is 2.45. The minimum absolute atomic E-state index is 0.212. The van der Waals surface area contributed by atoms with E-state index in [2.05, 4.69) is 9.97 Å². The molecule has 2 aromatic rings. The molecule has 0 aliphatic rings. The van der Waals surface area contributed by atoms with Gasteiger partial charge in [0, 0.05) is 12.2 Å². The summed E-state index contributed by atoms with van der Waals surface area (Å²) in [6.07, 6.45) is 0.212. The Labute approximate surface area is 114 Å². The number of hydrogen-bond donors (Lipinski definition) is 3. The van der Waals surface area contributed by atoms with Crippen LogP contribution in [0.15, 0.2) is 23.4 Å². The van der Waals surface area contributed by atoms with Gasteiger partial charge in [-0.3, -0.25) is 10.1 Å². The first-order valence-corrected chi connectivity index (χ1v) is 6.71. The van der Waals surface area contributed by atoms with Gasteiger partial charge >= 0.3 is 6.03 Å². The number of imide groups is 1. The number of aromatic nitrogens is 2. The zero-order valence-corrected chi connectivity index (χ0v) is 11.2. The fourth-order valence-electron chi connectivity index (χ4n) is 1.61. The van der Waals surface area contributed by atoms with Crippen molar-refractivity contribution in [1.29, 1.82) is 0 Å². The number of nitrogens with two attached hydrogens (primary N) is 1. The molecule has 0 aliphatic heterocycles. The van der Waals surface area contributed by atoms with Gasteiger partial charge in [0.05, 0.1) is 11.0 Å². The van der Waals surface area contributed by atoms with E-state index in [1.807, 2.05) is 30.4 Å². The van der Waals surface area contributed by atoms with E-state index in [1.54, 1.807) is 0 Å². The van der Waals surface area contributed by atoms with Gasteiger partial charge in [-0.1, -0.05) is 17.8 Å². The number of aromatic amines is 1. The molecule has 4 N–H and O–H groups in total. The van der Waals surface area contributed by atoms with Crippen molar-refractivity contribution in [3.63, 3.8) is 0 Å². The number of primary amides is 1. The number of thioether (sulfide) groups is 1. The summed E-state index contributed by atoms with van der Waals surface area (Å²) in [7, 11) is 0. The summed E-state index contributed by atoms with van der Waals surface area (Å²) in [5.74, 6) is 0.143. The van der Waals surface area contributed by atoms with Gasteiger partial charge in [-0.2, -0.15) is 0 Å². The molecule has 0 atom stereocenters. The average Bonchev–Trinajstić information content (AvgIpc) is 2.69. The molecule has 0 bridgehead atoms. The number of hydrogen-bond acceptors (Lipinski definition) is 4. The van der Waals surface area contributed by atoms with Gasteiger partial charge in [0.15, 0.2) is 5.16 Å². The van der Waals surface area contributed by atoms with Crippen LogP contribution in [0.5, 0.6) is 0 Å². The molecule has 6 nitrogen and oxygen atoms in total. The van der Waals surface area contributed by atoms with E-state index >= 15 is 0 Å². The second kappa shape index (κ2) is 5.75. The number of carbonyl (C=O) groups excluding carboxylic acids is 2. The van der Waals surface area contributed by atoms with Crippen molar-refractivity contribution in [3.05, 3.63) is 23.8 Å². The Morgan fingerprint density at radius 3 is 3.00 bits per heavy atom. The maximum absolute atomic E-state index is 11.2. The van der Waals surface area contributed by atoms with E-state index in [1.165, 1.54) is 11.8 Å². The molecule has 0 aliphatic carbocycles. The summed E-state index contributed by atoms with van der Waals surface area (Å²) in [6.45, 7) is 2.02. The van der Waals surface area contributed by atoms with E-state index in [0.29, 0.717) is 5.75 Å². The van der Waals surface area contributed by atoms with E-state index in [9.17, 15) is 9.59 Å². The molecule has 0 spiro atoms. The SMILES string of the molecule is Cc1ccc2nc(SCCC(=O)NC(N)=O)[nH]c2c1. The molecule has 0 saturated heterocycles. The number of imidazole rings is 1. The van der Waals surface area contributed by atoms with Crippen LogP contribution in [0.3, 0.4) is 0 Å². The highest BCUT2D eigenvalue weighted by Gasteiger charge is 2.07. The monoisotopic (exact) mass is 278 g/mol. The Balaban J connectivity index is 1.91. The number of H-pyrrole nitrogens is 1. The van der Waals surface area contributed by atoms with Gasteiger partial charge in [0.2, 0.25) is 5.91 Å². The summed E-state index contributed by atoms with van der Waals surface area (Å²) >= 11 is 1.43. The van der Waals surface area contributed by atoms with Crippen LogP contribution in [0.25, 0.3) is 11.0 Å². The number of urea groups is 1. The Morgan fingerprint density at radius 2 is 2.26 bits per heavy atom. The lowest BCUT2D eigenvalue weighted by Gasteiger charge is -1.98. The number of carbonyl (C=O) groups is 2. The Kier molecular flexibility index (Phi) is 4.06.